The Hall–Kier alpha value is 0.730. The fraction of sp³-hybridized carbons (Fsp3) is 1.00. The molecule has 0 radical (unpaired) electrons. The molecule has 3 fully saturated rings. The van der Waals surface area contributed by atoms with Gasteiger partial charge in [0.15, 0.2) is 0 Å². The van der Waals surface area contributed by atoms with Crippen LogP contribution in [-0.4, -0.2) is 7.85 Å². The first-order chi connectivity index (χ1) is 6.16. The van der Waals surface area contributed by atoms with Gasteiger partial charge in [-0.1, -0.05) is 0 Å². The normalized spacial score (nSPS) is 52.1. The second-order valence-electron chi connectivity index (χ2n) is 5.21. The first-order valence-electron chi connectivity index (χ1n) is 5.78. The number of halogens is 1. The maximum absolute atomic E-state index is 2.54. The van der Waals surface area contributed by atoms with Gasteiger partial charge < -0.3 is 0 Å². The third-order valence-electron chi connectivity index (χ3n) is 3.92. The van der Waals surface area contributed by atoms with Crippen molar-refractivity contribution in [3.05, 3.63) is 0 Å². The van der Waals surface area contributed by atoms with Crippen LogP contribution in [0.4, 0.5) is 0 Å². The van der Waals surface area contributed by atoms with Crippen LogP contribution in [0.3, 0.4) is 0 Å². The Balaban J connectivity index is 2.10. The summed E-state index contributed by atoms with van der Waals surface area (Å²) in [5.41, 5.74) is 0. The number of alkyl halides is 2. The van der Waals surface area contributed by atoms with E-state index >= 15 is 0 Å². The van der Waals surface area contributed by atoms with E-state index < -0.39 is 0 Å². The quantitative estimate of drug-likeness (QED) is 0.445. The summed E-state index contributed by atoms with van der Waals surface area (Å²) in [4.78, 5) is 0. The van der Waals surface area contributed by atoms with E-state index in [1.165, 1.54) is 16.8 Å². The first-order valence-corrected chi connectivity index (χ1v) is 8.28. The van der Waals surface area contributed by atoms with Crippen molar-refractivity contribution in [1.82, 2.24) is 0 Å². The van der Waals surface area contributed by atoms with Gasteiger partial charge in [-0.15, -0.1) is 0 Å². The van der Waals surface area contributed by atoms with E-state index in [-0.39, 0.29) is 0 Å². The van der Waals surface area contributed by atoms with Crippen LogP contribution in [0, 0.1) is 17.8 Å². The minimum absolute atomic E-state index is 0.531. The van der Waals surface area contributed by atoms with Gasteiger partial charge >= 0.3 is 93.3 Å². The van der Waals surface area contributed by atoms with Crippen molar-refractivity contribution >= 4 is 0 Å². The number of rotatable bonds is 0. The molecule has 2 bridgehead atoms. The topological polar surface area (TPSA) is 0 Å². The molecule has 0 aromatic rings. The van der Waals surface area contributed by atoms with Crippen molar-refractivity contribution in [2.45, 2.75) is 54.3 Å². The summed E-state index contributed by atoms with van der Waals surface area (Å²) in [6.45, 7) is 7.52. The second kappa shape index (κ2) is 4.08. The van der Waals surface area contributed by atoms with Crippen molar-refractivity contribution in [3.8, 4) is 0 Å². The van der Waals surface area contributed by atoms with Gasteiger partial charge in [0, 0.05) is 0 Å². The van der Waals surface area contributed by atoms with Gasteiger partial charge in [0.1, 0.15) is 0 Å². The van der Waals surface area contributed by atoms with Gasteiger partial charge in [-0.05, 0) is 0 Å². The molecule has 1 saturated carbocycles. The van der Waals surface area contributed by atoms with Gasteiger partial charge in [0.25, 0.3) is 0 Å². The molecular formula is C12H22I-. The van der Waals surface area contributed by atoms with E-state index in [1.54, 1.807) is 12.8 Å². The van der Waals surface area contributed by atoms with E-state index in [9.17, 15) is 0 Å². The van der Waals surface area contributed by atoms with Gasteiger partial charge in [0.2, 0.25) is 0 Å². The molecule has 2 saturated heterocycles. The van der Waals surface area contributed by atoms with E-state index in [0.29, 0.717) is 21.2 Å². The third-order valence-corrected chi connectivity index (χ3v) is 8.85. The van der Waals surface area contributed by atoms with E-state index in [1.807, 2.05) is 0 Å². The molecule has 0 aromatic heterocycles. The predicted molar refractivity (Wildman–Crippen MR) is 53.5 cm³/mol. The molecule has 3 aliphatic rings. The van der Waals surface area contributed by atoms with Crippen LogP contribution >= 0.6 is 0 Å². The molecule has 0 aromatic carbocycles. The number of fused-ring (bicyclic) bond motifs is 5. The van der Waals surface area contributed by atoms with Crippen molar-refractivity contribution in [2.75, 3.05) is 0 Å². The Morgan fingerprint density at radius 3 is 2.46 bits per heavy atom. The average molecular weight is 293 g/mol. The van der Waals surface area contributed by atoms with Crippen LogP contribution in [0.25, 0.3) is 0 Å². The summed E-state index contributed by atoms with van der Waals surface area (Å²) in [5, 5.41) is 0. The van der Waals surface area contributed by atoms with Crippen LogP contribution in [0.1, 0.15) is 46.5 Å². The van der Waals surface area contributed by atoms with Crippen LogP contribution in [-0.2, 0) is 0 Å². The SMILES string of the molecule is CC1C[C@H]2CCC([I-]C2C)[C@H](C)C1. The minimum atomic E-state index is 0.531. The fourth-order valence-electron chi connectivity index (χ4n) is 3.13. The summed E-state index contributed by atoms with van der Waals surface area (Å²) in [6.07, 6.45) is 6.20. The Morgan fingerprint density at radius 2 is 1.77 bits per heavy atom. The zero-order valence-corrected chi connectivity index (χ0v) is 11.3. The summed E-state index contributed by atoms with van der Waals surface area (Å²) >= 11 is 0.531. The molecule has 1 heteroatoms. The standard InChI is InChI=1S/C12H22I/c1-8-6-9(2)12-5-4-11(7-8)10(3)13-12/h8-12H,4-7H2,1-3H3/q-1/t8?,9-,10?,11-,12?/m1/s1. The maximum atomic E-state index is 2.54. The molecule has 5 atom stereocenters. The van der Waals surface area contributed by atoms with Crippen LogP contribution in [0.5, 0.6) is 0 Å². The average Bonchev–Trinajstić information content (AvgIpc) is 2.06. The van der Waals surface area contributed by atoms with Crippen molar-refractivity contribution < 1.29 is 21.2 Å². The van der Waals surface area contributed by atoms with E-state index in [0.717, 1.165) is 21.7 Å². The predicted octanol–water partition coefficient (Wildman–Crippen LogP) is 0.309. The molecule has 0 spiro atoms. The molecule has 3 rings (SSSR count). The molecule has 2 heterocycles. The first kappa shape index (κ1) is 10.3. The molecule has 78 valence electrons. The van der Waals surface area contributed by atoms with Crippen LogP contribution in [0.15, 0.2) is 0 Å². The van der Waals surface area contributed by atoms with Gasteiger partial charge in [-0.2, -0.15) is 0 Å². The monoisotopic (exact) mass is 293 g/mol. The van der Waals surface area contributed by atoms with E-state index in [2.05, 4.69) is 20.8 Å². The summed E-state index contributed by atoms with van der Waals surface area (Å²) in [5.74, 6) is 3.17. The molecule has 2 aliphatic heterocycles. The Morgan fingerprint density at radius 1 is 1.00 bits per heavy atom. The summed E-state index contributed by atoms with van der Waals surface area (Å²) in [6, 6.07) is 0. The number of hydrogen-bond donors (Lipinski definition) is 0. The van der Waals surface area contributed by atoms with Gasteiger partial charge in [-0.3, -0.25) is 0 Å². The zero-order valence-electron chi connectivity index (χ0n) is 9.09. The molecule has 0 amide bonds. The molecule has 13 heavy (non-hydrogen) atoms. The Bertz CT molecular complexity index is 178. The zero-order chi connectivity index (χ0) is 9.42. The molecule has 1 aliphatic carbocycles. The molecule has 0 nitrogen and oxygen atoms in total. The summed E-state index contributed by atoms with van der Waals surface area (Å²) in [7, 11) is 0. The molecule has 0 N–H and O–H groups in total. The van der Waals surface area contributed by atoms with Crippen LogP contribution < -0.4 is 21.2 Å². The Kier molecular flexibility index (Phi) is 3.22. The van der Waals surface area contributed by atoms with Crippen molar-refractivity contribution in [1.29, 1.82) is 0 Å². The second-order valence-corrected chi connectivity index (χ2v) is 9.49. The van der Waals surface area contributed by atoms with Crippen LogP contribution in [0.2, 0.25) is 0 Å². The van der Waals surface area contributed by atoms with Gasteiger partial charge in [0.05, 0.1) is 0 Å². The molecular weight excluding hydrogens is 271 g/mol. The van der Waals surface area contributed by atoms with E-state index in [4.69, 9.17) is 0 Å². The van der Waals surface area contributed by atoms with Crippen molar-refractivity contribution in [2.24, 2.45) is 17.8 Å². The van der Waals surface area contributed by atoms with Gasteiger partial charge in [-0.25, -0.2) is 0 Å². The Labute approximate surface area is 93.1 Å². The molecule has 3 unspecified atom stereocenters. The van der Waals surface area contributed by atoms with Crippen molar-refractivity contribution in [3.63, 3.8) is 0 Å². The number of hydrogen-bond acceptors (Lipinski definition) is 0. The summed E-state index contributed by atoms with van der Waals surface area (Å²) < 4.78 is 2.30. The third kappa shape index (κ3) is 2.21. The fourth-order valence-corrected chi connectivity index (χ4v) is 7.55.